The Morgan fingerprint density at radius 1 is 1.00 bits per heavy atom. The Balaban J connectivity index is 1.15. The number of anilines is 1. The number of aromatic nitrogens is 2. The molecule has 2 heterocycles. The lowest BCUT2D eigenvalue weighted by atomic mass is 9.95. The van der Waals surface area contributed by atoms with Crippen molar-refractivity contribution in [1.82, 2.24) is 20.4 Å². The minimum atomic E-state index is -0.229. The summed E-state index contributed by atoms with van der Waals surface area (Å²) in [5.41, 5.74) is 2.70. The van der Waals surface area contributed by atoms with E-state index in [2.05, 4.69) is 25.7 Å². The molecular formula is C30H30ClN5O3. The first kappa shape index (κ1) is 26.6. The summed E-state index contributed by atoms with van der Waals surface area (Å²) in [4.78, 5) is 32.9. The Morgan fingerprint density at radius 2 is 1.69 bits per heavy atom. The van der Waals surface area contributed by atoms with Gasteiger partial charge in [-0.3, -0.25) is 14.5 Å². The van der Waals surface area contributed by atoms with Gasteiger partial charge >= 0.3 is 0 Å². The van der Waals surface area contributed by atoms with Crippen LogP contribution in [0.1, 0.15) is 47.6 Å². The normalized spacial score (nSPS) is 15.0. The zero-order valence-electron chi connectivity index (χ0n) is 21.6. The summed E-state index contributed by atoms with van der Waals surface area (Å²) in [5, 5.41) is 10.7. The van der Waals surface area contributed by atoms with Gasteiger partial charge in [0.1, 0.15) is 0 Å². The monoisotopic (exact) mass is 543 g/mol. The van der Waals surface area contributed by atoms with Gasteiger partial charge in [0.2, 0.25) is 17.6 Å². The molecule has 9 heteroatoms. The van der Waals surface area contributed by atoms with Gasteiger partial charge in [0, 0.05) is 11.5 Å². The fourth-order valence-electron chi connectivity index (χ4n) is 4.74. The summed E-state index contributed by atoms with van der Waals surface area (Å²) in [5.74, 6) is 0.516. The molecule has 1 unspecified atom stereocenters. The highest BCUT2D eigenvalue weighted by Gasteiger charge is 2.27. The highest BCUT2D eigenvalue weighted by Crippen LogP contribution is 2.26. The number of hydrogen-bond acceptors (Lipinski definition) is 6. The third kappa shape index (κ3) is 6.53. The van der Waals surface area contributed by atoms with E-state index in [9.17, 15) is 9.59 Å². The third-order valence-electron chi connectivity index (χ3n) is 6.98. The molecule has 0 saturated carbocycles. The van der Waals surface area contributed by atoms with Gasteiger partial charge in [-0.2, -0.15) is 4.98 Å². The van der Waals surface area contributed by atoms with Crippen molar-refractivity contribution in [3.8, 4) is 11.4 Å². The summed E-state index contributed by atoms with van der Waals surface area (Å²) in [7, 11) is 0. The molecule has 1 aliphatic heterocycles. The lowest BCUT2D eigenvalue weighted by Gasteiger charge is -2.30. The van der Waals surface area contributed by atoms with Gasteiger partial charge < -0.3 is 15.2 Å². The molecule has 0 spiro atoms. The van der Waals surface area contributed by atoms with Crippen molar-refractivity contribution < 1.29 is 14.1 Å². The molecule has 2 N–H and O–H groups in total. The van der Waals surface area contributed by atoms with E-state index < -0.39 is 0 Å². The number of carbonyl (C=O) groups excluding carboxylic acids is 2. The summed E-state index contributed by atoms with van der Waals surface area (Å²) in [6.45, 7) is 3.89. The molecule has 5 rings (SSSR count). The number of likely N-dealkylation sites (tertiary alicyclic amines) is 1. The van der Waals surface area contributed by atoms with Crippen molar-refractivity contribution in [1.29, 1.82) is 0 Å². The van der Waals surface area contributed by atoms with Crippen molar-refractivity contribution in [2.24, 2.45) is 5.92 Å². The van der Waals surface area contributed by atoms with Gasteiger partial charge in [-0.1, -0.05) is 71.4 Å². The lowest BCUT2D eigenvalue weighted by molar-refractivity contribution is -0.121. The molecule has 0 aliphatic carbocycles. The quantitative estimate of drug-likeness (QED) is 0.294. The predicted octanol–water partition coefficient (Wildman–Crippen LogP) is 5.73. The topological polar surface area (TPSA) is 100 Å². The number of benzene rings is 3. The van der Waals surface area contributed by atoms with E-state index in [1.807, 2.05) is 61.5 Å². The molecule has 0 radical (unpaired) electrons. The van der Waals surface area contributed by atoms with Crippen molar-refractivity contribution in [2.45, 2.75) is 32.4 Å². The van der Waals surface area contributed by atoms with E-state index in [-0.39, 0.29) is 23.8 Å². The summed E-state index contributed by atoms with van der Waals surface area (Å²) < 4.78 is 5.44. The Kier molecular flexibility index (Phi) is 8.34. The van der Waals surface area contributed by atoms with Gasteiger partial charge in [-0.15, -0.1) is 0 Å². The number of rotatable bonds is 8. The third-order valence-corrected chi connectivity index (χ3v) is 7.31. The second-order valence-corrected chi connectivity index (χ2v) is 10.1. The molecule has 1 saturated heterocycles. The van der Waals surface area contributed by atoms with E-state index in [1.54, 1.807) is 24.3 Å². The fourth-order valence-corrected chi connectivity index (χ4v) is 4.96. The minimum Gasteiger partial charge on any atom is -0.345 e. The number of nitrogens with one attached hydrogen (secondary N) is 2. The Morgan fingerprint density at radius 3 is 2.46 bits per heavy atom. The zero-order chi connectivity index (χ0) is 27.2. The molecule has 2 amide bonds. The Labute approximate surface area is 232 Å². The van der Waals surface area contributed by atoms with E-state index in [4.69, 9.17) is 16.1 Å². The summed E-state index contributed by atoms with van der Waals surface area (Å²) in [6.07, 6.45) is 1.38. The van der Waals surface area contributed by atoms with Crippen LogP contribution < -0.4 is 10.6 Å². The second-order valence-electron chi connectivity index (χ2n) is 9.68. The number of nitrogens with zero attached hydrogens (tertiary/aromatic N) is 3. The molecular weight excluding hydrogens is 514 g/mol. The van der Waals surface area contributed by atoms with Gasteiger partial charge in [0.05, 0.1) is 28.9 Å². The van der Waals surface area contributed by atoms with Crippen LogP contribution in [0.3, 0.4) is 0 Å². The number of amides is 2. The first-order valence-electron chi connectivity index (χ1n) is 13.0. The fraction of sp³-hybridized carbons (Fsp3) is 0.267. The maximum atomic E-state index is 13.1. The van der Waals surface area contributed by atoms with Crippen LogP contribution in [-0.4, -0.2) is 39.9 Å². The van der Waals surface area contributed by atoms with Gasteiger partial charge in [-0.05, 0) is 62.7 Å². The number of piperidine rings is 1. The molecule has 200 valence electrons. The van der Waals surface area contributed by atoms with Crippen molar-refractivity contribution in [3.63, 3.8) is 0 Å². The van der Waals surface area contributed by atoms with Crippen LogP contribution in [0.5, 0.6) is 0 Å². The van der Waals surface area contributed by atoms with E-state index in [0.29, 0.717) is 47.4 Å². The molecule has 1 atom stereocenters. The summed E-state index contributed by atoms with van der Waals surface area (Å²) in [6, 6.07) is 24.1. The van der Waals surface area contributed by atoms with Crippen molar-refractivity contribution in [3.05, 3.63) is 101 Å². The van der Waals surface area contributed by atoms with Gasteiger partial charge in [-0.25, -0.2) is 0 Å². The average Bonchev–Trinajstić information content (AvgIpc) is 3.42. The molecule has 0 bridgehead atoms. The van der Waals surface area contributed by atoms with Crippen LogP contribution in [0.2, 0.25) is 5.02 Å². The maximum Gasteiger partial charge on any atom is 0.253 e. The molecule has 1 aliphatic rings. The molecule has 4 aromatic rings. The van der Waals surface area contributed by atoms with Crippen molar-refractivity contribution >= 4 is 29.1 Å². The number of hydrogen-bond donors (Lipinski definition) is 2. The molecule has 1 aromatic heterocycles. The standard InChI is InChI=1S/C30H30ClN5O3/c1-20(21-9-3-2-4-10-21)32-30(38)24-12-6-8-14-26(24)33-29(37)22-15-17-36(18-16-22)19-27-34-28(35-39-27)23-11-5-7-13-25(23)31/h2-14,20,22H,15-19H2,1H3,(H,32,38)(H,33,37). The van der Waals surface area contributed by atoms with Crippen LogP contribution in [0, 0.1) is 5.92 Å². The molecule has 8 nitrogen and oxygen atoms in total. The second kappa shape index (κ2) is 12.2. The smallest absolute Gasteiger partial charge is 0.253 e. The first-order chi connectivity index (χ1) is 19.0. The minimum absolute atomic E-state index is 0.0789. The van der Waals surface area contributed by atoms with Crippen LogP contribution in [0.4, 0.5) is 5.69 Å². The number of halogens is 1. The average molecular weight is 544 g/mol. The lowest BCUT2D eigenvalue weighted by Crippen LogP contribution is -2.38. The van der Waals surface area contributed by atoms with Crippen LogP contribution in [0.15, 0.2) is 83.4 Å². The maximum absolute atomic E-state index is 13.1. The summed E-state index contributed by atoms with van der Waals surface area (Å²) >= 11 is 6.25. The molecule has 1 fully saturated rings. The molecule has 3 aromatic carbocycles. The zero-order valence-corrected chi connectivity index (χ0v) is 22.4. The first-order valence-corrected chi connectivity index (χ1v) is 13.4. The Bertz CT molecular complexity index is 1430. The van der Waals surface area contributed by atoms with E-state index >= 15 is 0 Å². The van der Waals surface area contributed by atoms with Gasteiger partial charge in [0.25, 0.3) is 5.91 Å². The largest absolute Gasteiger partial charge is 0.345 e. The highest BCUT2D eigenvalue weighted by atomic mass is 35.5. The predicted molar refractivity (Wildman–Crippen MR) is 150 cm³/mol. The number of para-hydroxylation sites is 1. The van der Waals surface area contributed by atoms with Crippen LogP contribution >= 0.6 is 11.6 Å². The highest BCUT2D eigenvalue weighted by molar-refractivity contribution is 6.33. The van der Waals surface area contributed by atoms with Crippen molar-refractivity contribution in [2.75, 3.05) is 18.4 Å². The SMILES string of the molecule is CC(NC(=O)c1ccccc1NC(=O)C1CCN(Cc2nc(-c3ccccc3Cl)no2)CC1)c1ccccc1. The van der Waals surface area contributed by atoms with Gasteiger partial charge in [0.15, 0.2) is 0 Å². The van der Waals surface area contributed by atoms with E-state index in [1.165, 1.54) is 0 Å². The van der Waals surface area contributed by atoms with Crippen LogP contribution in [0.25, 0.3) is 11.4 Å². The number of carbonyl (C=O) groups is 2. The Hall–Kier alpha value is -4.01. The van der Waals surface area contributed by atoms with E-state index in [0.717, 1.165) is 24.2 Å². The molecule has 39 heavy (non-hydrogen) atoms. The van der Waals surface area contributed by atoms with Crippen LogP contribution in [-0.2, 0) is 11.3 Å².